The van der Waals surface area contributed by atoms with Crippen molar-refractivity contribution >= 4 is 28.3 Å². The van der Waals surface area contributed by atoms with Crippen LogP contribution >= 0.6 is 11.3 Å². The number of nitrogens with zero attached hydrogens (tertiary/aromatic N) is 4. The van der Waals surface area contributed by atoms with Gasteiger partial charge >= 0.3 is 0 Å². The molecular weight excluding hydrogens is 372 g/mol. The summed E-state index contributed by atoms with van der Waals surface area (Å²) in [4.78, 5) is 24.7. The van der Waals surface area contributed by atoms with Gasteiger partial charge in [-0.25, -0.2) is 9.97 Å². The molecule has 7 nitrogen and oxygen atoms in total. The van der Waals surface area contributed by atoms with Crippen molar-refractivity contribution in [3.05, 3.63) is 64.1 Å². The number of para-hydroxylation sites is 2. The van der Waals surface area contributed by atoms with Crippen LogP contribution in [0.1, 0.15) is 39.9 Å². The molecule has 4 aromatic rings. The standard InChI is InChI=1S/C20H22N6OS/c1-26-11-10-14(25-26)12-21-20(27)17-13-28-19(24-17)9-5-4-8-18-22-15-6-2-3-7-16(15)23-18/h2-3,6-7,10-11,13H,4-5,8-9,12H2,1H3,(H,21,27)(H,22,23). The predicted molar refractivity (Wildman–Crippen MR) is 109 cm³/mol. The molecule has 0 radical (unpaired) electrons. The van der Waals surface area contributed by atoms with Crippen LogP contribution < -0.4 is 5.32 Å². The van der Waals surface area contributed by atoms with Gasteiger partial charge in [0.15, 0.2) is 0 Å². The van der Waals surface area contributed by atoms with Gasteiger partial charge in [0.05, 0.1) is 28.3 Å². The molecule has 0 aliphatic carbocycles. The molecule has 1 amide bonds. The van der Waals surface area contributed by atoms with Gasteiger partial charge in [-0.05, 0) is 37.5 Å². The van der Waals surface area contributed by atoms with Crippen molar-refractivity contribution in [3.8, 4) is 0 Å². The molecule has 3 heterocycles. The second kappa shape index (κ2) is 8.35. The van der Waals surface area contributed by atoms with E-state index < -0.39 is 0 Å². The number of aryl methyl sites for hydroxylation is 3. The van der Waals surface area contributed by atoms with E-state index in [1.54, 1.807) is 4.68 Å². The maximum absolute atomic E-state index is 12.2. The first-order chi connectivity index (χ1) is 13.7. The van der Waals surface area contributed by atoms with Gasteiger partial charge < -0.3 is 10.3 Å². The topological polar surface area (TPSA) is 88.5 Å². The minimum Gasteiger partial charge on any atom is -0.345 e. The average molecular weight is 395 g/mol. The van der Waals surface area contributed by atoms with Gasteiger partial charge in [0.2, 0.25) is 0 Å². The van der Waals surface area contributed by atoms with E-state index >= 15 is 0 Å². The Morgan fingerprint density at radius 1 is 1.18 bits per heavy atom. The number of nitrogens with one attached hydrogen (secondary N) is 2. The predicted octanol–water partition coefficient (Wildman–Crippen LogP) is 3.25. The highest BCUT2D eigenvalue weighted by molar-refractivity contribution is 7.09. The van der Waals surface area contributed by atoms with Gasteiger partial charge in [0, 0.05) is 25.0 Å². The van der Waals surface area contributed by atoms with Crippen molar-refractivity contribution in [3.63, 3.8) is 0 Å². The number of benzene rings is 1. The van der Waals surface area contributed by atoms with Crippen molar-refractivity contribution < 1.29 is 4.79 Å². The number of carbonyl (C=O) groups excluding carboxylic acids is 1. The molecule has 0 fully saturated rings. The Kier molecular flexibility index (Phi) is 5.48. The molecule has 0 bridgehead atoms. The third-order valence-electron chi connectivity index (χ3n) is 4.48. The summed E-state index contributed by atoms with van der Waals surface area (Å²) in [6, 6.07) is 9.96. The summed E-state index contributed by atoms with van der Waals surface area (Å²) in [6.07, 6.45) is 5.68. The van der Waals surface area contributed by atoms with E-state index in [0.717, 1.165) is 53.2 Å². The lowest BCUT2D eigenvalue weighted by Crippen LogP contribution is -2.23. The largest absolute Gasteiger partial charge is 0.345 e. The molecule has 0 unspecified atom stereocenters. The summed E-state index contributed by atoms with van der Waals surface area (Å²) in [5.74, 6) is 0.866. The number of unbranched alkanes of at least 4 members (excludes halogenated alkanes) is 1. The lowest BCUT2D eigenvalue weighted by atomic mass is 10.2. The molecule has 0 saturated heterocycles. The van der Waals surface area contributed by atoms with Gasteiger partial charge in [-0.3, -0.25) is 9.48 Å². The summed E-state index contributed by atoms with van der Waals surface area (Å²) in [5, 5.41) is 9.92. The number of amides is 1. The Balaban J connectivity index is 1.22. The summed E-state index contributed by atoms with van der Waals surface area (Å²) >= 11 is 1.54. The highest BCUT2D eigenvalue weighted by atomic mass is 32.1. The minimum atomic E-state index is -0.157. The van der Waals surface area contributed by atoms with E-state index in [1.165, 1.54) is 11.3 Å². The lowest BCUT2D eigenvalue weighted by molar-refractivity contribution is 0.0946. The highest BCUT2D eigenvalue weighted by Gasteiger charge is 2.11. The fourth-order valence-electron chi connectivity index (χ4n) is 3.04. The fraction of sp³-hybridized carbons (Fsp3) is 0.300. The van der Waals surface area contributed by atoms with Crippen molar-refractivity contribution in [2.75, 3.05) is 0 Å². The van der Waals surface area contributed by atoms with E-state index in [0.29, 0.717) is 12.2 Å². The number of aromatic amines is 1. The summed E-state index contributed by atoms with van der Waals surface area (Å²) in [6.45, 7) is 0.407. The lowest BCUT2D eigenvalue weighted by Gasteiger charge is -2.00. The number of imidazole rings is 1. The number of hydrogen-bond donors (Lipinski definition) is 2. The first-order valence-corrected chi connectivity index (χ1v) is 10.2. The van der Waals surface area contributed by atoms with E-state index in [4.69, 9.17) is 0 Å². The first kappa shape index (κ1) is 18.4. The van der Waals surface area contributed by atoms with E-state index in [9.17, 15) is 4.79 Å². The van der Waals surface area contributed by atoms with Crippen LogP contribution in [-0.2, 0) is 26.4 Å². The Labute approximate surface area is 166 Å². The maximum atomic E-state index is 12.2. The van der Waals surface area contributed by atoms with Crippen LogP contribution in [0.3, 0.4) is 0 Å². The summed E-state index contributed by atoms with van der Waals surface area (Å²) < 4.78 is 1.72. The molecular formula is C20H22N6OS. The highest BCUT2D eigenvalue weighted by Crippen LogP contribution is 2.15. The SMILES string of the molecule is Cn1ccc(CNC(=O)c2csc(CCCCc3nc4ccccc4[nH]3)n2)n1. The number of rotatable bonds is 8. The quantitative estimate of drug-likeness (QED) is 0.449. The maximum Gasteiger partial charge on any atom is 0.271 e. The Morgan fingerprint density at radius 3 is 2.86 bits per heavy atom. The monoisotopic (exact) mass is 394 g/mol. The molecule has 0 aliphatic heterocycles. The van der Waals surface area contributed by atoms with Gasteiger partial charge in [-0.15, -0.1) is 11.3 Å². The Hall–Kier alpha value is -3.00. The second-order valence-corrected chi connectivity index (χ2v) is 7.64. The zero-order valence-corrected chi connectivity index (χ0v) is 16.5. The van der Waals surface area contributed by atoms with Crippen LogP contribution in [0.4, 0.5) is 0 Å². The van der Waals surface area contributed by atoms with Gasteiger partial charge in [-0.2, -0.15) is 5.10 Å². The number of fused-ring (bicyclic) bond motifs is 1. The van der Waals surface area contributed by atoms with Gasteiger partial charge in [0.25, 0.3) is 5.91 Å². The number of hydrogen-bond acceptors (Lipinski definition) is 5. The van der Waals surface area contributed by atoms with Crippen LogP contribution in [-0.4, -0.2) is 30.6 Å². The minimum absolute atomic E-state index is 0.157. The molecule has 28 heavy (non-hydrogen) atoms. The third kappa shape index (κ3) is 4.45. The van der Waals surface area contributed by atoms with Crippen LogP contribution in [0.5, 0.6) is 0 Å². The number of H-pyrrole nitrogens is 1. The summed E-state index contributed by atoms with van der Waals surface area (Å²) in [7, 11) is 1.85. The van der Waals surface area contributed by atoms with Crippen LogP contribution in [0.25, 0.3) is 11.0 Å². The van der Waals surface area contributed by atoms with Gasteiger partial charge in [-0.1, -0.05) is 12.1 Å². The molecule has 1 aromatic carbocycles. The normalized spacial score (nSPS) is 11.2. The van der Waals surface area contributed by atoms with Crippen molar-refractivity contribution in [2.24, 2.45) is 7.05 Å². The van der Waals surface area contributed by atoms with Crippen LogP contribution in [0, 0.1) is 0 Å². The Morgan fingerprint density at radius 2 is 2.04 bits per heavy atom. The molecule has 4 rings (SSSR count). The molecule has 2 N–H and O–H groups in total. The fourth-order valence-corrected chi connectivity index (χ4v) is 3.86. The first-order valence-electron chi connectivity index (χ1n) is 9.32. The molecule has 144 valence electrons. The average Bonchev–Trinajstić information content (AvgIpc) is 3.42. The third-order valence-corrected chi connectivity index (χ3v) is 5.38. The molecule has 3 aromatic heterocycles. The van der Waals surface area contributed by atoms with E-state index in [2.05, 4.69) is 25.4 Å². The zero-order valence-electron chi connectivity index (χ0n) is 15.7. The molecule has 0 aliphatic rings. The second-order valence-electron chi connectivity index (χ2n) is 6.70. The number of thiazole rings is 1. The van der Waals surface area contributed by atoms with Gasteiger partial charge in [0.1, 0.15) is 11.5 Å². The zero-order chi connectivity index (χ0) is 19.3. The molecule has 0 spiro atoms. The molecule has 0 saturated carbocycles. The van der Waals surface area contributed by atoms with E-state index in [-0.39, 0.29) is 5.91 Å². The van der Waals surface area contributed by atoms with Crippen LogP contribution in [0.2, 0.25) is 0 Å². The van der Waals surface area contributed by atoms with Crippen molar-refractivity contribution in [2.45, 2.75) is 32.2 Å². The number of carbonyl (C=O) groups is 1. The number of aromatic nitrogens is 5. The van der Waals surface area contributed by atoms with Crippen LogP contribution in [0.15, 0.2) is 41.9 Å². The summed E-state index contributed by atoms with van der Waals surface area (Å²) in [5.41, 5.74) is 3.41. The molecule has 0 atom stereocenters. The van der Waals surface area contributed by atoms with E-state index in [1.807, 2.05) is 49.0 Å². The van der Waals surface area contributed by atoms with Crippen molar-refractivity contribution in [1.29, 1.82) is 0 Å². The molecule has 8 heteroatoms. The van der Waals surface area contributed by atoms with Crippen molar-refractivity contribution in [1.82, 2.24) is 30.0 Å². The Bertz CT molecular complexity index is 1050. The smallest absolute Gasteiger partial charge is 0.271 e.